The van der Waals surface area contributed by atoms with Gasteiger partial charge in [-0.3, -0.25) is 4.79 Å². The Bertz CT molecular complexity index is 456. The van der Waals surface area contributed by atoms with E-state index < -0.39 is 0 Å². The predicted octanol–water partition coefficient (Wildman–Crippen LogP) is 3.51. The van der Waals surface area contributed by atoms with Crippen molar-refractivity contribution in [2.75, 3.05) is 0 Å². The summed E-state index contributed by atoms with van der Waals surface area (Å²) in [7, 11) is 0. The first-order valence-electron chi connectivity index (χ1n) is 7.25. The Morgan fingerprint density at radius 1 is 1.30 bits per heavy atom. The molecule has 0 aliphatic rings. The highest BCUT2D eigenvalue weighted by Crippen LogP contribution is 2.15. The number of carbonyl (C=O) groups is 1. The quantitative estimate of drug-likeness (QED) is 0.433. The van der Waals surface area contributed by atoms with Gasteiger partial charge in [-0.25, -0.2) is 5.43 Å². The van der Waals surface area contributed by atoms with Gasteiger partial charge in [-0.15, -0.1) is 0 Å². The highest BCUT2D eigenvalue weighted by Gasteiger charge is 2.00. The van der Waals surface area contributed by atoms with Crippen LogP contribution >= 0.6 is 0 Å². The Kier molecular flexibility index (Phi) is 7.40. The number of aryl methyl sites for hydroxylation is 1. The Morgan fingerprint density at radius 2 is 2.05 bits per heavy atom. The van der Waals surface area contributed by atoms with Crippen LogP contribution < -0.4 is 5.43 Å². The number of nitrogens with zero attached hydrogens (tertiary/aromatic N) is 1. The molecule has 1 amide bonds. The molecule has 0 radical (unpaired) electrons. The minimum Gasteiger partial charge on any atom is -0.507 e. The molecular formula is C16H24N2O2. The molecule has 2 N–H and O–H groups in total. The maximum absolute atomic E-state index is 11.5. The Hall–Kier alpha value is -1.84. The molecule has 4 nitrogen and oxygen atoms in total. The number of benzene rings is 1. The summed E-state index contributed by atoms with van der Waals surface area (Å²) in [4.78, 5) is 11.5. The van der Waals surface area contributed by atoms with E-state index in [1.165, 1.54) is 25.5 Å². The van der Waals surface area contributed by atoms with E-state index in [-0.39, 0.29) is 11.7 Å². The summed E-state index contributed by atoms with van der Waals surface area (Å²) in [6.45, 7) is 4.10. The summed E-state index contributed by atoms with van der Waals surface area (Å²) < 4.78 is 0. The average Bonchev–Trinajstić information content (AvgIpc) is 2.42. The second kappa shape index (κ2) is 9.13. The van der Waals surface area contributed by atoms with Crippen LogP contribution in [-0.4, -0.2) is 17.2 Å². The maximum Gasteiger partial charge on any atom is 0.240 e. The summed E-state index contributed by atoms with van der Waals surface area (Å²) in [5, 5.41) is 13.5. The molecule has 1 rings (SSSR count). The van der Waals surface area contributed by atoms with Crippen LogP contribution in [0.4, 0.5) is 0 Å². The van der Waals surface area contributed by atoms with Crippen molar-refractivity contribution in [3.05, 3.63) is 29.3 Å². The lowest BCUT2D eigenvalue weighted by Crippen LogP contribution is -2.16. The molecule has 0 aliphatic heterocycles. The zero-order valence-electron chi connectivity index (χ0n) is 12.4. The van der Waals surface area contributed by atoms with E-state index in [2.05, 4.69) is 17.5 Å². The monoisotopic (exact) mass is 276 g/mol. The third kappa shape index (κ3) is 6.36. The van der Waals surface area contributed by atoms with E-state index in [1.54, 1.807) is 6.07 Å². The van der Waals surface area contributed by atoms with Crippen LogP contribution in [-0.2, 0) is 4.79 Å². The van der Waals surface area contributed by atoms with E-state index >= 15 is 0 Å². The smallest absolute Gasteiger partial charge is 0.240 e. The molecule has 0 aliphatic carbocycles. The van der Waals surface area contributed by atoms with E-state index in [0.717, 1.165) is 18.4 Å². The zero-order valence-corrected chi connectivity index (χ0v) is 12.4. The predicted molar refractivity (Wildman–Crippen MR) is 82.0 cm³/mol. The Labute approximate surface area is 120 Å². The van der Waals surface area contributed by atoms with Gasteiger partial charge in [-0.05, 0) is 25.5 Å². The number of phenolic OH excluding ortho intramolecular Hbond substituents is 1. The van der Waals surface area contributed by atoms with Gasteiger partial charge < -0.3 is 5.11 Å². The topological polar surface area (TPSA) is 61.7 Å². The van der Waals surface area contributed by atoms with Crippen molar-refractivity contribution >= 4 is 12.1 Å². The molecule has 0 unspecified atom stereocenters. The van der Waals surface area contributed by atoms with Crippen molar-refractivity contribution in [1.82, 2.24) is 5.43 Å². The van der Waals surface area contributed by atoms with Crippen molar-refractivity contribution in [3.8, 4) is 5.75 Å². The Balaban J connectivity index is 2.29. The molecule has 4 heteroatoms. The number of hydrazone groups is 1. The third-order valence-corrected chi connectivity index (χ3v) is 3.08. The summed E-state index contributed by atoms with van der Waals surface area (Å²) in [5.74, 6) is 0.0815. The SMILES string of the molecule is CCCCCCCC(=O)N/N=C\c1cc(C)ccc1O. The number of carbonyl (C=O) groups excluding carboxylic acids is 1. The molecule has 0 atom stereocenters. The van der Waals surface area contributed by atoms with Gasteiger partial charge in [0, 0.05) is 12.0 Å². The summed E-state index contributed by atoms with van der Waals surface area (Å²) in [6, 6.07) is 5.25. The molecule has 0 fully saturated rings. The van der Waals surface area contributed by atoms with Gasteiger partial charge in [0.05, 0.1) is 6.21 Å². The molecule has 20 heavy (non-hydrogen) atoms. The summed E-state index contributed by atoms with van der Waals surface area (Å²) >= 11 is 0. The standard InChI is InChI=1S/C16H24N2O2/c1-3-4-5-6-7-8-16(20)18-17-12-14-11-13(2)9-10-15(14)19/h9-12,19H,3-8H2,1-2H3,(H,18,20)/b17-12-. The number of amides is 1. The fourth-order valence-corrected chi connectivity index (χ4v) is 1.90. The number of nitrogens with one attached hydrogen (secondary N) is 1. The van der Waals surface area contributed by atoms with Gasteiger partial charge in [-0.1, -0.05) is 44.2 Å². The lowest BCUT2D eigenvalue weighted by molar-refractivity contribution is -0.121. The number of hydrogen-bond donors (Lipinski definition) is 2. The van der Waals surface area contributed by atoms with Crippen molar-refractivity contribution in [3.63, 3.8) is 0 Å². The van der Waals surface area contributed by atoms with Crippen LogP contribution in [0.5, 0.6) is 5.75 Å². The number of phenols is 1. The fraction of sp³-hybridized carbons (Fsp3) is 0.500. The van der Waals surface area contributed by atoms with E-state index in [1.807, 2.05) is 19.1 Å². The van der Waals surface area contributed by atoms with E-state index in [4.69, 9.17) is 0 Å². The Morgan fingerprint density at radius 3 is 2.80 bits per heavy atom. The molecule has 0 saturated heterocycles. The van der Waals surface area contributed by atoms with E-state index in [9.17, 15) is 9.90 Å². The molecule has 1 aromatic rings. The molecule has 0 heterocycles. The van der Waals surface area contributed by atoms with Gasteiger partial charge in [-0.2, -0.15) is 5.10 Å². The van der Waals surface area contributed by atoms with Crippen molar-refractivity contribution < 1.29 is 9.90 Å². The fourth-order valence-electron chi connectivity index (χ4n) is 1.90. The lowest BCUT2D eigenvalue weighted by atomic mass is 10.1. The van der Waals surface area contributed by atoms with Gasteiger partial charge in [0.2, 0.25) is 5.91 Å². The maximum atomic E-state index is 11.5. The zero-order chi connectivity index (χ0) is 14.8. The minimum absolute atomic E-state index is 0.0788. The highest BCUT2D eigenvalue weighted by molar-refractivity contribution is 5.85. The first-order chi connectivity index (χ1) is 9.63. The van der Waals surface area contributed by atoms with Crippen molar-refractivity contribution in [2.24, 2.45) is 5.10 Å². The summed E-state index contributed by atoms with van der Waals surface area (Å²) in [6.07, 6.45) is 7.58. The van der Waals surface area contributed by atoms with Crippen molar-refractivity contribution in [1.29, 1.82) is 0 Å². The van der Waals surface area contributed by atoms with Gasteiger partial charge in [0.25, 0.3) is 0 Å². The normalized spacial score (nSPS) is 10.9. The molecule has 110 valence electrons. The lowest BCUT2D eigenvalue weighted by Gasteiger charge is -2.01. The van der Waals surface area contributed by atoms with Crippen molar-refractivity contribution in [2.45, 2.75) is 52.4 Å². The van der Waals surface area contributed by atoms with Crippen LogP contribution in [0, 0.1) is 6.92 Å². The second-order valence-corrected chi connectivity index (χ2v) is 5.02. The van der Waals surface area contributed by atoms with Crippen LogP contribution in [0.2, 0.25) is 0 Å². The van der Waals surface area contributed by atoms with Crippen LogP contribution in [0.3, 0.4) is 0 Å². The van der Waals surface area contributed by atoms with Crippen LogP contribution in [0.1, 0.15) is 56.6 Å². The average molecular weight is 276 g/mol. The minimum atomic E-state index is -0.0788. The molecule has 0 saturated carbocycles. The molecule has 0 bridgehead atoms. The molecular weight excluding hydrogens is 252 g/mol. The second-order valence-electron chi connectivity index (χ2n) is 5.02. The summed E-state index contributed by atoms with van der Waals surface area (Å²) in [5.41, 5.74) is 4.13. The van der Waals surface area contributed by atoms with E-state index in [0.29, 0.717) is 12.0 Å². The number of aromatic hydroxyl groups is 1. The number of hydrogen-bond acceptors (Lipinski definition) is 3. The molecule has 0 spiro atoms. The van der Waals surface area contributed by atoms with Crippen LogP contribution in [0.15, 0.2) is 23.3 Å². The first kappa shape index (κ1) is 16.2. The molecule has 0 aromatic heterocycles. The largest absolute Gasteiger partial charge is 0.507 e. The molecule has 1 aromatic carbocycles. The van der Waals surface area contributed by atoms with Gasteiger partial charge >= 0.3 is 0 Å². The van der Waals surface area contributed by atoms with Gasteiger partial charge in [0.1, 0.15) is 5.75 Å². The van der Waals surface area contributed by atoms with Gasteiger partial charge in [0.15, 0.2) is 0 Å². The highest BCUT2D eigenvalue weighted by atomic mass is 16.3. The third-order valence-electron chi connectivity index (χ3n) is 3.08. The number of unbranched alkanes of at least 4 members (excludes halogenated alkanes) is 4. The number of rotatable bonds is 8. The first-order valence-corrected chi connectivity index (χ1v) is 7.25. The van der Waals surface area contributed by atoms with Crippen LogP contribution in [0.25, 0.3) is 0 Å².